The quantitative estimate of drug-likeness (QED) is 0.708. The van der Waals surface area contributed by atoms with E-state index in [1.165, 1.54) is 0 Å². The summed E-state index contributed by atoms with van der Waals surface area (Å²) >= 11 is 1.72. The minimum Gasteiger partial charge on any atom is -0.481 e. The predicted octanol–water partition coefficient (Wildman–Crippen LogP) is 2.35. The van der Waals surface area contributed by atoms with Crippen LogP contribution < -0.4 is 5.73 Å². The number of aliphatic carboxylic acids is 1. The Balaban J connectivity index is 4.26. The Labute approximate surface area is 96.8 Å². The molecule has 0 spiro atoms. The lowest BCUT2D eigenvalue weighted by Gasteiger charge is -2.31. The molecule has 1 unspecified atom stereocenters. The number of rotatable bonds is 7. The highest BCUT2D eigenvalue weighted by atomic mass is 32.2. The van der Waals surface area contributed by atoms with E-state index < -0.39 is 5.97 Å². The highest BCUT2D eigenvalue weighted by Gasteiger charge is 2.29. The van der Waals surface area contributed by atoms with Crippen LogP contribution >= 0.6 is 11.8 Å². The summed E-state index contributed by atoms with van der Waals surface area (Å²) in [5.74, 6) is 0.179. The molecule has 3 nitrogen and oxygen atoms in total. The molecule has 0 aromatic heterocycles. The number of thioether (sulfide) groups is 1. The summed E-state index contributed by atoms with van der Waals surface area (Å²) in [5.41, 5.74) is 5.73. The van der Waals surface area contributed by atoms with E-state index >= 15 is 0 Å². The smallest absolute Gasteiger partial charge is 0.304 e. The lowest BCUT2D eigenvalue weighted by molar-refractivity contribution is -0.137. The lowest BCUT2D eigenvalue weighted by Crippen LogP contribution is -2.31. The van der Waals surface area contributed by atoms with E-state index in [0.717, 1.165) is 12.2 Å². The van der Waals surface area contributed by atoms with Crippen molar-refractivity contribution in [2.24, 2.45) is 11.1 Å². The molecule has 0 rings (SSSR count). The van der Waals surface area contributed by atoms with Gasteiger partial charge in [0.1, 0.15) is 0 Å². The summed E-state index contributed by atoms with van der Waals surface area (Å²) in [6, 6.07) is 0. The average molecular weight is 233 g/mol. The summed E-state index contributed by atoms with van der Waals surface area (Å²) in [7, 11) is 0. The molecule has 4 heteroatoms. The second kappa shape index (κ2) is 5.75. The third-order valence-corrected chi connectivity index (χ3v) is 4.69. The van der Waals surface area contributed by atoms with Crippen molar-refractivity contribution in [1.29, 1.82) is 0 Å². The maximum absolute atomic E-state index is 10.7. The molecular weight excluding hydrogens is 210 g/mol. The molecule has 0 amide bonds. The van der Waals surface area contributed by atoms with Gasteiger partial charge in [0.05, 0.1) is 6.42 Å². The zero-order chi connectivity index (χ0) is 12.1. The topological polar surface area (TPSA) is 63.3 Å². The maximum Gasteiger partial charge on any atom is 0.304 e. The van der Waals surface area contributed by atoms with Crippen LogP contribution in [-0.2, 0) is 4.79 Å². The van der Waals surface area contributed by atoms with Crippen molar-refractivity contribution < 1.29 is 9.90 Å². The summed E-state index contributed by atoms with van der Waals surface area (Å²) in [6.07, 6.45) is 1.08. The molecular formula is C11H23NO2S. The third-order valence-electron chi connectivity index (χ3n) is 2.64. The van der Waals surface area contributed by atoms with Crippen LogP contribution in [0, 0.1) is 5.41 Å². The standard InChI is InChI=1S/C11H23NO2S/c1-5-11(4,6-9(13)14)15-8-10(2,3)7-12/h5-8,12H2,1-4H3,(H,13,14). The van der Waals surface area contributed by atoms with Gasteiger partial charge >= 0.3 is 5.97 Å². The first kappa shape index (κ1) is 14.8. The van der Waals surface area contributed by atoms with Crippen LogP contribution in [0.3, 0.4) is 0 Å². The van der Waals surface area contributed by atoms with Crippen LogP contribution in [0.4, 0.5) is 0 Å². The van der Waals surface area contributed by atoms with E-state index in [1.807, 2.05) is 13.8 Å². The zero-order valence-corrected chi connectivity index (χ0v) is 11.0. The fourth-order valence-corrected chi connectivity index (χ4v) is 2.31. The Bertz CT molecular complexity index is 219. The van der Waals surface area contributed by atoms with Gasteiger partial charge in [-0.05, 0) is 25.3 Å². The first-order valence-corrected chi connectivity index (χ1v) is 6.29. The fraction of sp³-hybridized carbons (Fsp3) is 0.909. The number of hydrogen-bond donors (Lipinski definition) is 2. The van der Waals surface area contributed by atoms with Crippen LogP contribution in [0.15, 0.2) is 0 Å². The Morgan fingerprint density at radius 2 is 1.93 bits per heavy atom. The lowest BCUT2D eigenvalue weighted by atomic mass is 9.97. The fourth-order valence-electron chi connectivity index (χ4n) is 1.03. The maximum atomic E-state index is 10.7. The van der Waals surface area contributed by atoms with E-state index in [1.54, 1.807) is 11.8 Å². The molecule has 0 aromatic carbocycles. The molecule has 1 atom stereocenters. The van der Waals surface area contributed by atoms with E-state index in [-0.39, 0.29) is 16.6 Å². The predicted molar refractivity (Wildman–Crippen MR) is 66.2 cm³/mol. The molecule has 0 aliphatic carbocycles. The molecule has 0 radical (unpaired) electrons. The summed E-state index contributed by atoms with van der Waals surface area (Å²) in [5, 5.41) is 8.83. The Kier molecular flexibility index (Phi) is 5.67. The Morgan fingerprint density at radius 1 is 1.40 bits per heavy atom. The minimum absolute atomic E-state index is 0.0829. The van der Waals surface area contributed by atoms with Crippen LogP contribution in [0.25, 0.3) is 0 Å². The SMILES string of the molecule is CCC(C)(CC(=O)O)SCC(C)(C)CN. The van der Waals surface area contributed by atoms with Crippen molar-refractivity contribution in [3.8, 4) is 0 Å². The van der Waals surface area contributed by atoms with E-state index in [0.29, 0.717) is 6.54 Å². The largest absolute Gasteiger partial charge is 0.481 e. The van der Waals surface area contributed by atoms with Crippen molar-refractivity contribution >= 4 is 17.7 Å². The number of carboxylic acids is 1. The first-order valence-electron chi connectivity index (χ1n) is 5.30. The van der Waals surface area contributed by atoms with Gasteiger partial charge in [0, 0.05) is 10.5 Å². The van der Waals surface area contributed by atoms with Gasteiger partial charge in [0.2, 0.25) is 0 Å². The van der Waals surface area contributed by atoms with Gasteiger partial charge in [0.25, 0.3) is 0 Å². The first-order chi connectivity index (χ1) is 6.74. The normalized spacial score (nSPS) is 16.1. The summed E-state index contributed by atoms with van der Waals surface area (Å²) in [4.78, 5) is 10.7. The van der Waals surface area contributed by atoms with E-state index in [2.05, 4.69) is 13.8 Å². The van der Waals surface area contributed by atoms with E-state index in [9.17, 15) is 4.79 Å². The van der Waals surface area contributed by atoms with Gasteiger partial charge in [-0.25, -0.2) is 0 Å². The second-order valence-electron chi connectivity index (χ2n) is 5.03. The molecule has 0 aromatic rings. The molecule has 90 valence electrons. The Morgan fingerprint density at radius 3 is 2.27 bits per heavy atom. The van der Waals surface area contributed by atoms with Crippen LogP contribution in [0.5, 0.6) is 0 Å². The zero-order valence-electron chi connectivity index (χ0n) is 10.2. The van der Waals surface area contributed by atoms with Gasteiger partial charge < -0.3 is 10.8 Å². The molecule has 0 aliphatic heterocycles. The molecule has 3 N–H and O–H groups in total. The highest BCUT2D eigenvalue weighted by molar-refractivity contribution is 8.00. The van der Waals surface area contributed by atoms with Crippen molar-refractivity contribution in [2.45, 2.75) is 45.3 Å². The van der Waals surface area contributed by atoms with Crippen LogP contribution in [0.1, 0.15) is 40.5 Å². The highest BCUT2D eigenvalue weighted by Crippen LogP contribution is 2.36. The molecule has 0 saturated carbocycles. The van der Waals surface area contributed by atoms with Gasteiger partial charge in [-0.1, -0.05) is 20.8 Å². The summed E-state index contributed by atoms with van der Waals surface area (Å²) in [6.45, 7) is 8.89. The van der Waals surface area contributed by atoms with Crippen molar-refractivity contribution in [1.82, 2.24) is 0 Å². The molecule has 0 heterocycles. The second-order valence-corrected chi connectivity index (χ2v) is 6.59. The van der Waals surface area contributed by atoms with Crippen molar-refractivity contribution in [3.05, 3.63) is 0 Å². The number of hydrogen-bond acceptors (Lipinski definition) is 3. The number of carbonyl (C=O) groups is 1. The minimum atomic E-state index is -0.725. The number of carboxylic acid groups (broad SMARTS) is 1. The average Bonchev–Trinajstić information content (AvgIpc) is 2.14. The molecule has 0 aliphatic rings. The van der Waals surface area contributed by atoms with Crippen molar-refractivity contribution in [3.63, 3.8) is 0 Å². The Hall–Kier alpha value is -0.220. The van der Waals surface area contributed by atoms with Gasteiger partial charge in [-0.15, -0.1) is 0 Å². The van der Waals surface area contributed by atoms with Gasteiger partial charge in [-0.3, -0.25) is 4.79 Å². The molecule has 0 saturated heterocycles. The third kappa shape index (κ3) is 6.05. The van der Waals surface area contributed by atoms with Gasteiger partial charge in [-0.2, -0.15) is 11.8 Å². The van der Waals surface area contributed by atoms with E-state index in [4.69, 9.17) is 10.8 Å². The molecule has 0 fully saturated rings. The van der Waals surface area contributed by atoms with Crippen LogP contribution in [0.2, 0.25) is 0 Å². The monoisotopic (exact) mass is 233 g/mol. The summed E-state index contributed by atoms with van der Waals surface area (Å²) < 4.78 is -0.168. The molecule has 0 bridgehead atoms. The van der Waals surface area contributed by atoms with Crippen molar-refractivity contribution in [2.75, 3.05) is 12.3 Å². The number of nitrogens with two attached hydrogens (primary N) is 1. The van der Waals surface area contributed by atoms with Gasteiger partial charge in [0.15, 0.2) is 0 Å². The van der Waals surface area contributed by atoms with Crippen LogP contribution in [-0.4, -0.2) is 28.1 Å². The molecule has 15 heavy (non-hydrogen) atoms.